The van der Waals surface area contributed by atoms with E-state index in [1.54, 1.807) is 11.3 Å². The molecule has 2 heterocycles. The lowest BCUT2D eigenvalue weighted by Crippen LogP contribution is -2.09. The summed E-state index contributed by atoms with van der Waals surface area (Å²) in [6, 6.07) is 2.07. The van der Waals surface area contributed by atoms with Gasteiger partial charge in [0, 0.05) is 18.0 Å². The largest absolute Gasteiger partial charge is 0.475 e. The molecule has 0 amide bonds. The van der Waals surface area contributed by atoms with Crippen LogP contribution < -0.4 is 10.1 Å². The van der Waals surface area contributed by atoms with Gasteiger partial charge in [-0.25, -0.2) is 4.98 Å². The lowest BCUT2D eigenvalue weighted by atomic mass is 10.3. The number of nitrogens with one attached hydrogen (secondary N) is 1. The molecule has 0 fully saturated rings. The predicted molar refractivity (Wildman–Crippen MR) is 82.9 cm³/mol. The SMILES string of the molecule is CCCOCCOc1nc(NCC)nc2sc(C)cc12. The minimum atomic E-state index is 0.507. The number of ether oxygens (including phenoxy) is 2. The van der Waals surface area contributed by atoms with E-state index < -0.39 is 0 Å². The van der Waals surface area contributed by atoms with Crippen LogP contribution in [0.2, 0.25) is 0 Å². The van der Waals surface area contributed by atoms with E-state index in [0.29, 0.717) is 25.0 Å². The average Bonchev–Trinajstić information content (AvgIpc) is 2.79. The molecule has 1 N–H and O–H groups in total. The molecule has 0 saturated carbocycles. The highest BCUT2D eigenvalue weighted by molar-refractivity contribution is 7.18. The maximum absolute atomic E-state index is 5.76. The second-order valence-corrected chi connectivity index (χ2v) is 5.65. The zero-order valence-electron chi connectivity index (χ0n) is 12.2. The van der Waals surface area contributed by atoms with Gasteiger partial charge in [0.2, 0.25) is 11.8 Å². The van der Waals surface area contributed by atoms with Crippen molar-refractivity contribution in [3.05, 3.63) is 10.9 Å². The summed E-state index contributed by atoms with van der Waals surface area (Å²) in [4.78, 5) is 11.1. The van der Waals surface area contributed by atoms with Crippen LogP contribution in [0.5, 0.6) is 5.88 Å². The van der Waals surface area contributed by atoms with Gasteiger partial charge in [-0.1, -0.05) is 6.92 Å². The highest BCUT2D eigenvalue weighted by Crippen LogP contribution is 2.30. The molecule has 2 aromatic rings. The van der Waals surface area contributed by atoms with Crippen molar-refractivity contribution in [3.63, 3.8) is 0 Å². The molecule has 0 aromatic carbocycles. The zero-order valence-corrected chi connectivity index (χ0v) is 13.0. The van der Waals surface area contributed by atoms with E-state index in [9.17, 15) is 0 Å². The van der Waals surface area contributed by atoms with Crippen molar-refractivity contribution in [2.75, 3.05) is 31.7 Å². The number of thiophene rings is 1. The fourth-order valence-electron chi connectivity index (χ4n) is 1.81. The first kappa shape index (κ1) is 15.0. The van der Waals surface area contributed by atoms with Crippen molar-refractivity contribution >= 4 is 27.5 Å². The van der Waals surface area contributed by atoms with Gasteiger partial charge in [0.25, 0.3) is 0 Å². The summed E-state index contributed by atoms with van der Waals surface area (Å²) < 4.78 is 11.2. The van der Waals surface area contributed by atoms with Gasteiger partial charge in [-0.3, -0.25) is 0 Å². The molecule has 0 saturated heterocycles. The van der Waals surface area contributed by atoms with Crippen LogP contribution in [0.3, 0.4) is 0 Å². The Morgan fingerprint density at radius 1 is 1.20 bits per heavy atom. The van der Waals surface area contributed by atoms with Crippen LogP contribution in [0.4, 0.5) is 5.95 Å². The summed E-state index contributed by atoms with van der Waals surface area (Å²) in [5.41, 5.74) is 0. The van der Waals surface area contributed by atoms with Crippen molar-refractivity contribution in [1.29, 1.82) is 0 Å². The van der Waals surface area contributed by atoms with E-state index in [-0.39, 0.29) is 0 Å². The highest BCUT2D eigenvalue weighted by atomic mass is 32.1. The van der Waals surface area contributed by atoms with Crippen molar-refractivity contribution in [2.45, 2.75) is 27.2 Å². The highest BCUT2D eigenvalue weighted by Gasteiger charge is 2.11. The van der Waals surface area contributed by atoms with E-state index in [0.717, 1.165) is 29.8 Å². The Labute approximate surface area is 123 Å². The molecule has 0 atom stereocenters. The van der Waals surface area contributed by atoms with Crippen LogP contribution in [-0.2, 0) is 4.74 Å². The standard InChI is InChI=1S/C14H21N3O2S/c1-4-6-18-7-8-19-12-11-9-10(3)20-13(11)17-14(16-12)15-5-2/h9H,4-8H2,1-3H3,(H,15,16,17). The molecule has 2 aromatic heterocycles. The Hall–Kier alpha value is -1.40. The Morgan fingerprint density at radius 3 is 2.80 bits per heavy atom. The normalized spacial score (nSPS) is 10.9. The smallest absolute Gasteiger partial charge is 0.227 e. The molecule has 0 aliphatic heterocycles. The molecule has 0 bridgehead atoms. The lowest BCUT2D eigenvalue weighted by Gasteiger charge is -2.09. The monoisotopic (exact) mass is 295 g/mol. The van der Waals surface area contributed by atoms with Crippen molar-refractivity contribution < 1.29 is 9.47 Å². The van der Waals surface area contributed by atoms with E-state index >= 15 is 0 Å². The molecule has 6 heteroatoms. The van der Waals surface area contributed by atoms with Gasteiger partial charge in [-0.2, -0.15) is 4.98 Å². The van der Waals surface area contributed by atoms with Gasteiger partial charge < -0.3 is 14.8 Å². The number of aryl methyl sites for hydroxylation is 1. The zero-order chi connectivity index (χ0) is 14.4. The summed E-state index contributed by atoms with van der Waals surface area (Å²) in [5, 5.41) is 4.11. The maximum atomic E-state index is 5.76. The predicted octanol–water partition coefficient (Wildman–Crippen LogP) is 3.24. The second kappa shape index (κ2) is 7.40. The third kappa shape index (κ3) is 3.80. The number of aromatic nitrogens is 2. The second-order valence-electron chi connectivity index (χ2n) is 4.42. The summed E-state index contributed by atoms with van der Waals surface area (Å²) >= 11 is 1.65. The lowest BCUT2D eigenvalue weighted by molar-refractivity contribution is 0.0996. The number of hydrogen-bond acceptors (Lipinski definition) is 6. The molecular weight excluding hydrogens is 274 g/mol. The van der Waals surface area contributed by atoms with E-state index in [2.05, 4.69) is 35.2 Å². The molecule has 0 spiro atoms. The fraction of sp³-hybridized carbons (Fsp3) is 0.571. The summed E-state index contributed by atoms with van der Waals surface area (Å²) in [6.45, 7) is 8.81. The van der Waals surface area contributed by atoms with Gasteiger partial charge in [0.15, 0.2) is 0 Å². The Kier molecular flexibility index (Phi) is 5.55. The molecule has 0 aliphatic rings. The number of nitrogens with zero attached hydrogens (tertiary/aromatic N) is 2. The fourth-order valence-corrected chi connectivity index (χ4v) is 2.68. The molecule has 0 unspecified atom stereocenters. The minimum absolute atomic E-state index is 0.507. The summed E-state index contributed by atoms with van der Waals surface area (Å²) in [5.74, 6) is 1.25. The van der Waals surface area contributed by atoms with Crippen LogP contribution in [0.15, 0.2) is 6.07 Å². The third-order valence-corrected chi connectivity index (χ3v) is 3.58. The van der Waals surface area contributed by atoms with Gasteiger partial charge in [0.1, 0.15) is 11.4 Å². The third-order valence-electron chi connectivity index (χ3n) is 2.63. The van der Waals surface area contributed by atoms with Crippen LogP contribution in [0.1, 0.15) is 25.1 Å². The van der Waals surface area contributed by atoms with Gasteiger partial charge in [0.05, 0.1) is 12.0 Å². The van der Waals surface area contributed by atoms with Crippen LogP contribution in [0.25, 0.3) is 10.2 Å². The summed E-state index contributed by atoms with van der Waals surface area (Å²) in [7, 11) is 0. The number of fused-ring (bicyclic) bond motifs is 1. The number of anilines is 1. The Bertz CT molecular complexity index is 557. The van der Waals surface area contributed by atoms with E-state index in [1.807, 2.05) is 6.92 Å². The number of rotatable bonds is 8. The van der Waals surface area contributed by atoms with Gasteiger partial charge >= 0.3 is 0 Å². The van der Waals surface area contributed by atoms with Gasteiger partial charge in [-0.05, 0) is 26.3 Å². The van der Waals surface area contributed by atoms with Crippen molar-refractivity contribution in [2.24, 2.45) is 0 Å². The number of hydrogen-bond donors (Lipinski definition) is 1. The summed E-state index contributed by atoms with van der Waals surface area (Å²) in [6.07, 6.45) is 1.02. The van der Waals surface area contributed by atoms with Crippen LogP contribution >= 0.6 is 11.3 Å². The average molecular weight is 295 g/mol. The van der Waals surface area contributed by atoms with Crippen molar-refractivity contribution in [3.8, 4) is 5.88 Å². The quantitative estimate of drug-likeness (QED) is 0.758. The Balaban J connectivity index is 2.12. The maximum Gasteiger partial charge on any atom is 0.227 e. The van der Waals surface area contributed by atoms with E-state index in [1.165, 1.54) is 4.88 Å². The molecule has 2 rings (SSSR count). The molecule has 0 aliphatic carbocycles. The van der Waals surface area contributed by atoms with E-state index in [4.69, 9.17) is 9.47 Å². The van der Waals surface area contributed by atoms with Crippen molar-refractivity contribution in [1.82, 2.24) is 9.97 Å². The molecule has 5 nitrogen and oxygen atoms in total. The Morgan fingerprint density at radius 2 is 2.05 bits per heavy atom. The first-order valence-electron chi connectivity index (χ1n) is 6.97. The topological polar surface area (TPSA) is 56.3 Å². The first-order valence-corrected chi connectivity index (χ1v) is 7.78. The van der Waals surface area contributed by atoms with Crippen LogP contribution in [-0.4, -0.2) is 36.3 Å². The molecule has 20 heavy (non-hydrogen) atoms. The molecule has 110 valence electrons. The molecule has 0 radical (unpaired) electrons. The van der Waals surface area contributed by atoms with Gasteiger partial charge in [-0.15, -0.1) is 11.3 Å². The minimum Gasteiger partial charge on any atom is -0.475 e. The first-order chi connectivity index (χ1) is 9.74. The molecular formula is C14H21N3O2S. The van der Waals surface area contributed by atoms with Crippen LogP contribution in [0, 0.1) is 6.92 Å².